The molecule has 0 saturated heterocycles. The van der Waals surface area contributed by atoms with Crippen molar-refractivity contribution < 1.29 is 8.42 Å². The van der Waals surface area contributed by atoms with Crippen LogP contribution in [-0.2, 0) is 16.6 Å². The first kappa shape index (κ1) is 15.5. The van der Waals surface area contributed by atoms with E-state index in [-0.39, 0.29) is 13.0 Å². The third kappa shape index (κ3) is 3.69. The van der Waals surface area contributed by atoms with Crippen LogP contribution in [0.4, 0.5) is 5.69 Å². The Balaban J connectivity index is 2.95. The minimum Gasteiger partial charge on any atom is -0.399 e. The molecule has 0 fully saturated rings. The average Bonchev–Trinajstić information content (AvgIpc) is 2.38. The van der Waals surface area contributed by atoms with Gasteiger partial charge in [0.1, 0.15) is 0 Å². The Bertz CT molecular complexity index is 546. The highest BCUT2D eigenvalue weighted by Gasteiger charge is 2.29. The van der Waals surface area contributed by atoms with Gasteiger partial charge in [0.05, 0.1) is 6.07 Å². The number of nitrogens with zero attached hydrogens (tertiary/aromatic N) is 2. The smallest absolute Gasteiger partial charge is 0.230 e. The second-order valence-electron chi connectivity index (χ2n) is 4.24. The van der Waals surface area contributed by atoms with Gasteiger partial charge in [-0.1, -0.05) is 26.0 Å². The molecule has 0 amide bonds. The SMILES string of the molecule is CCC(C#N)S(=O)(=O)N(CC)Cc1ccc(N)cc1. The lowest BCUT2D eigenvalue weighted by Crippen LogP contribution is -2.37. The number of benzene rings is 1. The number of rotatable bonds is 6. The second kappa shape index (κ2) is 6.55. The molecular formula is C13H19N3O2S. The lowest BCUT2D eigenvalue weighted by atomic mass is 10.2. The molecule has 0 radical (unpaired) electrons. The monoisotopic (exact) mass is 281 g/mol. The number of hydrogen-bond donors (Lipinski definition) is 1. The van der Waals surface area contributed by atoms with E-state index in [9.17, 15) is 8.42 Å². The quantitative estimate of drug-likeness (QED) is 0.804. The molecule has 19 heavy (non-hydrogen) atoms. The Kier molecular flexibility index (Phi) is 5.33. The molecule has 0 aliphatic rings. The van der Waals surface area contributed by atoms with Gasteiger partial charge in [-0.2, -0.15) is 9.57 Å². The molecule has 0 aliphatic heterocycles. The van der Waals surface area contributed by atoms with Crippen LogP contribution in [0.2, 0.25) is 0 Å². The molecule has 1 atom stereocenters. The minimum atomic E-state index is -3.58. The molecule has 0 aromatic heterocycles. The third-order valence-electron chi connectivity index (χ3n) is 2.93. The van der Waals surface area contributed by atoms with Crippen LogP contribution in [-0.4, -0.2) is 24.5 Å². The first-order chi connectivity index (χ1) is 8.95. The van der Waals surface area contributed by atoms with Crippen LogP contribution in [0, 0.1) is 11.3 Å². The van der Waals surface area contributed by atoms with Gasteiger partial charge in [-0.15, -0.1) is 0 Å². The number of nitrogen functional groups attached to an aromatic ring is 1. The molecule has 2 N–H and O–H groups in total. The predicted octanol–water partition coefficient (Wildman–Crippen LogP) is 1.72. The molecule has 0 saturated carbocycles. The fourth-order valence-electron chi connectivity index (χ4n) is 1.76. The van der Waals surface area contributed by atoms with Crippen molar-refractivity contribution in [3.63, 3.8) is 0 Å². The zero-order valence-corrected chi connectivity index (χ0v) is 12.0. The van der Waals surface area contributed by atoms with Gasteiger partial charge < -0.3 is 5.73 Å². The highest BCUT2D eigenvalue weighted by atomic mass is 32.2. The van der Waals surface area contributed by atoms with Crippen LogP contribution in [0.25, 0.3) is 0 Å². The lowest BCUT2D eigenvalue weighted by molar-refractivity contribution is 0.418. The van der Waals surface area contributed by atoms with Gasteiger partial charge in [0.25, 0.3) is 0 Å². The maximum atomic E-state index is 12.3. The van der Waals surface area contributed by atoms with Gasteiger partial charge in [0.15, 0.2) is 5.25 Å². The van der Waals surface area contributed by atoms with Crippen LogP contribution in [0.1, 0.15) is 25.8 Å². The average molecular weight is 281 g/mol. The molecule has 5 nitrogen and oxygen atoms in total. The molecule has 104 valence electrons. The van der Waals surface area contributed by atoms with Crippen molar-refractivity contribution in [3.8, 4) is 6.07 Å². The van der Waals surface area contributed by atoms with Crippen LogP contribution in [0.3, 0.4) is 0 Å². The Morgan fingerprint density at radius 3 is 2.32 bits per heavy atom. The van der Waals surface area contributed by atoms with Crippen LogP contribution < -0.4 is 5.73 Å². The number of nitriles is 1. The fourth-order valence-corrected chi connectivity index (χ4v) is 3.36. The summed E-state index contributed by atoms with van der Waals surface area (Å²) in [7, 11) is -3.58. The van der Waals surface area contributed by atoms with Crippen LogP contribution in [0.15, 0.2) is 24.3 Å². The fraction of sp³-hybridized carbons (Fsp3) is 0.462. The van der Waals surface area contributed by atoms with Crippen molar-refractivity contribution in [2.45, 2.75) is 32.1 Å². The van der Waals surface area contributed by atoms with Gasteiger partial charge in [-0.3, -0.25) is 0 Å². The summed E-state index contributed by atoms with van der Waals surface area (Å²) < 4.78 is 25.9. The van der Waals surface area contributed by atoms with Crippen LogP contribution in [0.5, 0.6) is 0 Å². The van der Waals surface area contributed by atoms with Gasteiger partial charge in [0, 0.05) is 18.8 Å². The normalized spacial score (nSPS) is 13.2. The number of anilines is 1. The second-order valence-corrected chi connectivity index (χ2v) is 6.35. The van der Waals surface area contributed by atoms with Gasteiger partial charge >= 0.3 is 0 Å². The maximum Gasteiger partial charge on any atom is 0.230 e. The van der Waals surface area contributed by atoms with E-state index in [0.29, 0.717) is 12.2 Å². The standard InChI is InChI=1S/C13H19N3O2S/c1-3-13(9-14)19(17,18)16(4-2)10-11-5-7-12(15)8-6-11/h5-8,13H,3-4,10,15H2,1-2H3. The number of nitrogens with two attached hydrogens (primary N) is 1. The van der Waals surface area contributed by atoms with Gasteiger partial charge in [-0.05, 0) is 24.1 Å². The third-order valence-corrected chi connectivity index (χ3v) is 5.19. The summed E-state index contributed by atoms with van der Waals surface area (Å²) in [5.41, 5.74) is 7.08. The summed E-state index contributed by atoms with van der Waals surface area (Å²) in [6, 6.07) is 8.90. The molecule has 0 heterocycles. The van der Waals surface area contributed by atoms with E-state index >= 15 is 0 Å². The molecular weight excluding hydrogens is 262 g/mol. The van der Waals surface area contributed by atoms with Gasteiger partial charge in [-0.25, -0.2) is 8.42 Å². The highest BCUT2D eigenvalue weighted by Crippen LogP contribution is 2.16. The Morgan fingerprint density at radius 1 is 1.32 bits per heavy atom. The van der Waals surface area contributed by atoms with Crippen molar-refractivity contribution in [1.82, 2.24) is 4.31 Å². The maximum absolute atomic E-state index is 12.3. The highest BCUT2D eigenvalue weighted by molar-refractivity contribution is 7.89. The zero-order chi connectivity index (χ0) is 14.5. The summed E-state index contributed by atoms with van der Waals surface area (Å²) in [5, 5.41) is 7.95. The summed E-state index contributed by atoms with van der Waals surface area (Å²) >= 11 is 0. The molecule has 0 aliphatic carbocycles. The number of hydrogen-bond acceptors (Lipinski definition) is 4. The molecule has 1 rings (SSSR count). The summed E-state index contributed by atoms with van der Waals surface area (Å²) in [6.45, 7) is 4.06. The first-order valence-electron chi connectivity index (χ1n) is 6.18. The summed E-state index contributed by atoms with van der Waals surface area (Å²) in [5.74, 6) is 0. The largest absolute Gasteiger partial charge is 0.399 e. The minimum absolute atomic E-state index is 0.261. The zero-order valence-electron chi connectivity index (χ0n) is 11.2. The molecule has 1 aromatic carbocycles. The van der Waals surface area contributed by atoms with Crippen molar-refractivity contribution >= 4 is 15.7 Å². The lowest BCUT2D eigenvalue weighted by Gasteiger charge is -2.22. The van der Waals surface area contributed by atoms with E-state index in [1.165, 1.54) is 4.31 Å². The van der Waals surface area contributed by atoms with Gasteiger partial charge in [0.2, 0.25) is 10.0 Å². The van der Waals surface area contributed by atoms with E-state index in [0.717, 1.165) is 5.56 Å². The molecule has 0 spiro atoms. The van der Waals surface area contributed by atoms with E-state index in [4.69, 9.17) is 11.0 Å². The molecule has 1 aromatic rings. The molecule has 6 heteroatoms. The van der Waals surface area contributed by atoms with Crippen molar-refractivity contribution in [1.29, 1.82) is 5.26 Å². The van der Waals surface area contributed by atoms with E-state index < -0.39 is 15.3 Å². The van der Waals surface area contributed by atoms with Crippen molar-refractivity contribution in [2.75, 3.05) is 12.3 Å². The molecule has 1 unspecified atom stereocenters. The van der Waals surface area contributed by atoms with E-state index in [2.05, 4.69) is 0 Å². The topological polar surface area (TPSA) is 87.2 Å². The Hall–Kier alpha value is -1.58. The van der Waals surface area contributed by atoms with Crippen molar-refractivity contribution in [3.05, 3.63) is 29.8 Å². The van der Waals surface area contributed by atoms with Crippen LogP contribution >= 0.6 is 0 Å². The van der Waals surface area contributed by atoms with E-state index in [1.807, 2.05) is 6.07 Å². The van der Waals surface area contributed by atoms with E-state index in [1.54, 1.807) is 38.1 Å². The Labute approximate surface area is 114 Å². The van der Waals surface area contributed by atoms with Crippen molar-refractivity contribution in [2.24, 2.45) is 0 Å². The molecule has 0 bridgehead atoms. The Morgan fingerprint density at radius 2 is 1.89 bits per heavy atom. The summed E-state index contributed by atoms with van der Waals surface area (Å²) in [4.78, 5) is 0. The predicted molar refractivity (Wildman–Crippen MR) is 75.6 cm³/mol. The number of sulfonamides is 1. The first-order valence-corrected chi connectivity index (χ1v) is 7.69. The summed E-state index contributed by atoms with van der Waals surface area (Å²) in [6.07, 6.45) is 0.289.